The molecule has 1 fully saturated rings. The summed E-state index contributed by atoms with van der Waals surface area (Å²) in [7, 11) is 0. The van der Waals surface area contributed by atoms with Gasteiger partial charge in [0.15, 0.2) is 12.2 Å². The first-order chi connectivity index (χ1) is 14.4. The molecule has 2 atom stereocenters. The van der Waals surface area contributed by atoms with Gasteiger partial charge in [0.1, 0.15) is 5.82 Å². The van der Waals surface area contributed by atoms with Crippen LogP contribution >= 0.6 is 0 Å². The molecule has 2 aromatic carbocycles. The van der Waals surface area contributed by atoms with Crippen LogP contribution in [0.3, 0.4) is 0 Å². The molecular weight excluding hydrogens is 389 g/mol. The molecule has 0 aromatic heterocycles. The van der Waals surface area contributed by atoms with E-state index in [1.165, 1.54) is 11.0 Å². The van der Waals surface area contributed by atoms with E-state index in [1.54, 1.807) is 18.2 Å². The zero-order valence-corrected chi connectivity index (χ0v) is 16.8. The topological polar surface area (TPSA) is 93.1 Å². The van der Waals surface area contributed by atoms with E-state index in [1.807, 2.05) is 36.1 Å². The Morgan fingerprint density at radius 1 is 1.00 bits per heavy atom. The Hall–Kier alpha value is -2.97. The first kappa shape index (κ1) is 21.7. The summed E-state index contributed by atoms with van der Waals surface area (Å²) in [6.45, 7) is 3.40. The van der Waals surface area contributed by atoms with Gasteiger partial charge < -0.3 is 25.3 Å². The number of carbonyl (C=O) groups is 2. The second-order valence-corrected chi connectivity index (χ2v) is 7.36. The summed E-state index contributed by atoms with van der Waals surface area (Å²) in [5, 5.41) is 22.8. The summed E-state index contributed by atoms with van der Waals surface area (Å²) < 4.78 is 13.9. The van der Waals surface area contributed by atoms with Crippen LogP contribution < -0.4 is 10.2 Å². The third-order valence-electron chi connectivity index (χ3n) is 5.19. The van der Waals surface area contributed by atoms with Gasteiger partial charge in [0, 0.05) is 32.7 Å². The number of hydrogen-bond donors (Lipinski definition) is 3. The van der Waals surface area contributed by atoms with E-state index in [2.05, 4.69) is 5.32 Å². The zero-order valence-electron chi connectivity index (χ0n) is 16.8. The third kappa shape index (κ3) is 5.14. The largest absolute Gasteiger partial charge is 0.380 e. The summed E-state index contributed by atoms with van der Waals surface area (Å²) in [4.78, 5) is 27.8. The van der Waals surface area contributed by atoms with Crippen molar-refractivity contribution >= 4 is 17.5 Å². The number of nitrogens with zero attached hydrogens (tertiary/aromatic N) is 2. The molecule has 3 rings (SSSR count). The van der Waals surface area contributed by atoms with E-state index in [4.69, 9.17) is 0 Å². The molecule has 2 amide bonds. The number of benzene rings is 2. The number of aliphatic hydroxyl groups is 2. The summed E-state index contributed by atoms with van der Waals surface area (Å²) in [5.41, 5.74) is 2.38. The summed E-state index contributed by atoms with van der Waals surface area (Å²) >= 11 is 0. The number of anilines is 1. The molecule has 1 aliphatic heterocycles. The molecule has 2 aromatic rings. The Morgan fingerprint density at radius 3 is 2.27 bits per heavy atom. The Balaban J connectivity index is 1.50. The molecule has 1 heterocycles. The van der Waals surface area contributed by atoms with Gasteiger partial charge in [0.25, 0.3) is 11.8 Å². The normalized spacial score (nSPS) is 16.1. The van der Waals surface area contributed by atoms with Crippen molar-refractivity contribution in [3.63, 3.8) is 0 Å². The minimum absolute atomic E-state index is 0.179. The fourth-order valence-electron chi connectivity index (χ4n) is 3.34. The van der Waals surface area contributed by atoms with Crippen molar-refractivity contribution in [1.29, 1.82) is 0 Å². The molecule has 0 saturated carbocycles. The maximum Gasteiger partial charge on any atom is 0.254 e. The number of para-hydroxylation sites is 1. The molecule has 3 N–H and O–H groups in total. The highest BCUT2D eigenvalue weighted by atomic mass is 19.1. The van der Waals surface area contributed by atoms with E-state index < -0.39 is 24.0 Å². The lowest BCUT2D eigenvalue weighted by Crippen LogP contribution is -2.55. The number of carbonyl (C=O) groups excluding carboxylic acids is 2. The van der Waals surface area contributed by atoms with E-state index in [0.717, 1.165) is 11.1 Å². The number of rotatable bonds is 6. The van der Waals surface area contributed by atoms with Gasteiger partial charge in [0.2, 0.25) is 0 Å². The maximum atomic E-state index is 13.9. The number of aliphatic hydroxyl groups excluding tert-OH is 2. The van der Waals surface area contributed by atoms with Crippen molar-refractivity contribution < 1.29 is 24.2 Å². The Bertz CT molecular complexity index is 882. The second-order valence-electron chi connectivity index (χ2n) is 7.36. The van der Waals surface area contributed by atoms with Crippen LogP contribution in [0.5, 0.6) is 0 Å². The van der Waals surface area contributed by atoms with Crippen molar-refractivity contribution in [1.82, 2.24) is 10.2 Å². The number of amides is 2. The van der Waals surface area contributed by atoms with Crippen LogP contribution in [0.25, 0.3) is 0 Å². The highest BCUT2D eigenvalue weighted by Gasteiger charge is 2.34. The lowest BCUT2D eigenvalue weighted by molar-refractivity contribution is -0.153. The fourth-order valence-corrected chi connectivity index (χ4v) is 3.34. The van der Waals surface area contributed by atoms with Crippen LogP contribution in [-0.2, 0) is 16.1 Å². The minimum Gasteiger partial charge on any atom is -0.380 e. The van der Waals surface area contributed by atoms with Crippen LogP contribution in [-0.4, -0.2) is 65.3 Å². The molecule has 1 aliphatic rings. The Morgan fingerprint density at radius 2 is 1.63 bits per heavy atom. The number of halogens is 1. The Labute approximate surface area is 174 Å². The summed E-state index contributed by atoms with van der Waals surface area (Å²) in [5.74, 6) is -1.87. The second kappa shape index (κ2) is 9.69. The molecular formula is C22H26FN3O4. The first-order valence-electron chi connectivity index (χ1n) is 9.84. The predicted molar refractivity (Wildman–Crippen MR) is 110 cm³/mol. The van der Waals surface area contributed by atoms with Crippen LogP contribution in [0.4, 0.5) is 10.1 Å². The van der Waals surface area contributed by atoms with Crippen LogP contribution in [0.1, 0.15) is 11.1 Å². The van der Waals surface area contributed by atoms with Crippen molar-refractivity contribution in [3.05, 3.63) is 65.5 Å². The van der Waals surface area contributed by atoms with E-state index in [0.29, 0.717) is 18.8 Å². The number of hydrogen-bond acceptors (Lipinski definition) is 5. The van der Waals surface area contributed by atoms with E-state index >= 15 is 0 Å². The lowest BCUT2D eigenvalue weighted by Gasteiger charge is -2.37. The molecule has 1 saturated heterocycles. The van der Waals surface area contributed by atoms with Gasteiger partial charge in [-0.3, -0.25) is 9.59 Å². The van der Waals surface area contributed by atoms with Crippen LogP contribution in [0, 0.1) is 12.7 Å². The molecule has 7 nitrogen and oxygen atoms in total. The molecule has 0 unspecified atom stereocenters. The molecule has 160 valence electrons. The first-order valence-corrected chi connectivity index (χ1v) is 9.84. The monoisotopic (exact) mass is 415 g/mol. The fraction of sp³-hybridized carbons (Fsp3) is 0.364. The standard InChI is InChI=1S/C22H26FN3O4/c1-15-6-8-16(9-7-15)14-24-21(29)19(27)20(28)22(30)26-12-10-25(11-13-26)18-5-3-2-4-17(18)23/h2-9,19-20,27-28H,10-14H2,1H3,(H,24,29)/t19-,20-/m1/s1. The van der Waals surface area contributed by atoms with Gasteiger partial charge in [0.05, 0.1) is 5.69 Å². The molecule has 0 spiro atoms. The smallest absolute Gasteiger partial charge is 0.254 e. The lowest BCUT2D eigenvalue weighted by atomic mass is 10.1. The Kier molecular flexibility index (Phi) is 7.02. The van der Waals surface area contributed by atoms with E-state index in [9.17, 15) is 24.2 Å². The maximum absolute atomic E-state index is 13.9. The SMILES string of the molecule is Cc1ccc(CNC(=O)[C@H](O)[C@@H](O)C(=O)N2CCN(c3ccccc3F)CC2)cc1. The van der Waals surface area contributed by atoms with Crippen molar-refractivity contribution in [2.45, 2.75) is 25.7 Å². The molecule has 0 aliphatic carbocycles. The van der Waals surface area contributed by atoms with Crippen molar-refractivity contribution in [2.24, 2.45) is 0 Å². The highest BCUT2D eigenvalue weighted by Crippen LogP contribution is 2.20. The quantitative estimate of drug-likeness (QED) is 0.650. The zero-order chi connectivity index (χ0) is 21.7. The van der Waals surface area contributed by atoms with Gasteiger partial charge in [-0.25, -0.2) is 4.39 Å². The van der Waals surface area contributed by atoms with Gasteiger partial charge in [-0.1, -0.05) is 42.0 Å². The van der Waals surface area contributed by atoms with Crippen molar-refractivity contribution in [2.75, 3.05) is 31.1 Å². The molecule has 0 bridgehead atoms. The van der Waals surface area contributed by atoms with Crippen LogP contribution in [0.15, 0.2) is 48.5 Å². The number of nitrogens with one attached hydrogen (secondary N) is 1. The summed E-state index contributed by atoms with van der Waals surface area (Å²) in [6.07, 6.45) is -3.73. The minimum atomic E-state index is -1.87. The predicted octanol–water partition coefficient (Wildman–Crippen LogP) is 0.821. The highest BCUT2D eigenvalue weighted by molar-refractivity contribution is 5.90. The van der Waals surface area contributed by atoms with Gasteiger partial charge in [-0.2, -0.15) is 0 Å². The van der Waals surface area contributed by atoms with Gasteiger partial charge in [-0.15, -0.1) is 0 Å². The summed E-state index contributed by atoms with van der Waals surface area (Å²) in [6, 6.07) is 13.9. The molecule has 0 radical (unpaired) electrons. The van der Waals surface area contributed by atoms with Crippen molar-refractivity contribution in [3.8, 4) is 0 Å². The average Bonchev–Trinajstić information content (AvgIpc) is 2.77. The number of aryl methyl sites for hydroxylation is 1. The molecule has 30 heavy (non-hydrogen) atoms. The van der Waals surface area contributed by atoms with Crippen LogP contribution in [0.2, 0.25) is 0 Å². The average molecular weight is 415 g/mol. The number of piperazine rings is 1. The molecule has 8 heteroatoms. The van der Waals surface area contributed by atoms with Gasteiger partial charge in [-0.05, 0) is 24.6 Å². The van der Waals surface area contributed by atoms with Gasteiger partial charge >= 0.3 is 0 Å². The third-order valence-corrected chi connectivity index (χ3v) is 5.19. The van der Waals surface area contributed by atoms with E-state index in [-0.39, 0.29) is 25.5 Å².